The lowest BCUT2D eigenvalue weighted by atomic mass is 10.3. The van der Waals surface area contributed by atoms with Crippen LogP contribution in [0.25, 0.3) is 10.2 Å². The molecule has 0 aliphatic rings. The minimum absolute atomic E-state index is 0.0802. The maximum absolute atomic E-state index is 10.8. The normalized spacial score (nSPS) is 10.9. The van der Waals surface area contributed by atoms with Crippen LogP contribution >= 0.6 is 22.9 Å². The Bertz CT molecular complexity index is 808. The molecule has 7 heteroatoms. The first-order valence-corrected chi connectivity index (χ1v) is 6.80. The van der Waals surface area contributed by atoms with Crippen LogP contribution in [0.15, 0.2) is 28.7 Å². The van der Waals surface area contributed by atoms with Gasteiger partial charge in [0.2, 0.25) is 5.76 Å². The molecule has 0 bridgehead atoms. The van der Waals surface area contributed by atoms with Gasteiger partial charge in [0.25, 0.3) is 5.95 Å². The lowest BCUT2D eigenvalue weighted by Gasteiger charge is -2.03. The fraction of sp³-hybridized carbons (Fsp3) is 0.0769. The molecule has 3 aromatic rings. The van der Waals surface area contributed by atoms with Crippen LogP contribution in [0.4, 0.5) is 0 Å². The van der Waals surface area contributed by atoms with Crippen LogP contribution in [0.1, 0.15) is 15.6 Å². The Labute approximate surface area is 122 Å². The lowest BCUT2D eigenvalue weighted by Crippen LogP contribution is -1.91. The van der Waals surface area contributed by atoms with Gasteiger partial charge in [-0.3, -0.25) is 0 Å². The monoisotopic (exact) mass is 309 g/mol. The van der Waals surface area contributed by atoms with Crippen molar-refractivity contribution in [1.29, 1.82) is 0 Å². The fourth-order valence-electron chi connectivity index (χ4n) is 1.75. The van der Waals surface area contributed by atoms with Crippen molar-refractivity contribution in [1.82, 2.24) is 4.98 Å². The maximum Gasteiger partial charge on any atom is 0.371 e. The zero-order valence-corrected chi connectivity index (χ0v) is 11.8. The number of fused-ring (bicyclic) bond motifs is 1. The molecular weight excluding hydrogens is 302 g/mol. The molecule has 0 unspecified atom stereocenters. The number of thiazole rings is 1. The van der Waals surface area contributed by atoms with E-state index in [9.17, 15) is 4.79 Å². The molecule has 5 nitrogen and oxygen atoms in total. The molecule has 2 aromatic heterocycles. The van der Waals surface area contributed by atoms with Gasteiger partial charge in [-0.2, -0.15) is 0 Å². The summed E-state index contributed by atoms with van der Waals surface area (Å²) in [6, 6.07) is 6.19. The molecule has 1 N–H and O–H groups in total. The number of carboxylic acids is 1. The van der Waals surface area contributed by atoms with Crippen molar-refractivity contribution in [3.05, 3.63) is 40.1 Å². The van der Waals surface area contributed by atoms with Gasteiger partial charge in [0.05, 0.1) is 9.71 Å². The van der Waals surface area contributed by atoms with E-state index in [-0.39, 0.29) is 11.7 Å². The van der Waals surface area contributed by atoms with Crippen molar-refractivity contribution in [2.24, 2.45) is 0 Å². The van der Waals surface area contributed by atoms with Crippen molar-refractivity contribution in [3.63, 3.8) is 0 Å². The molecule has 0 fully saturated rings. The van der Waals surface area contributed by atoms with Crippen molar-refractivity contribution in [3.8, 4) is 11.7 Å². The van der Waals surface area contributed by atoms with E-state index >= 15 is 0 Å². The lowest BCUT2D eigenvalue weighted by molar-refractivity contribution is 0.0657. The minimum atomic E-state index is -1.15. The van der Waals surface area contributed by atoms with Crippen molar-refractivity contribution < 1.29 is 19.1 Å². The summed E-state index contributed by atoms with van der Waals surface area (Å²) in [5, 5.41) is 10.2. The van der Waals surface area contributed by atoms with Gasteiger partial charge >= 0.3 is 5.97 Å². The summed E-state index contributed by atoms with van der Waals surface area (Å²) in [6.45, 7) is 1.89. The molecule has 0 atom stereocenters. The maximum atomic E-state index is 10.8. The fourth-order valence-corrected chi connectivity index (χ4v) is 2.91. The molecule has 1 aromatic carbocycles. The van der Waals surface area contributed by atoms with Crippen LogP contribution in [-0.4, -0.2) is 16.1 Å². The van der Waals surface area contributed by atoms with Crippen molar-refractivity contribution >= 4 is 39.1 Å². The van der Waals surface area contributed by atoms with E-state index in [1.54, 1.807) is 12.1 Å². The number of hydrogen-bond acceptors (Lipinski definition) is 5. The Balaban J connectivity index is 2.02. The number of ether oxygens (including phenoxy) is 1. The van der Waals surface area contributed by atoms with Gasteiger partial charge in [0, 0.05) is 17.2 Å². The molecule has 0 saturated carbocycles. The highest BCUT2D eigenvalue weighted by Gasteiger charge is 2.14. The van der Waals surface area contributed by atoms with Crippen molar-refractivity contribution in [2.75, 3.05) is 0 Å². The topological polar surface area (TPSA) is 72.6 Å². The number of aryl methyl sites for hydroxylation is 1. The van der Waals surface area contributed by atoms with Crippen molar-refractivity contribution in [2.45, 2.75) is 6.92 Å². The highest BCUT2D eigenvalue weighted by molar-refractivity contribution is 7.18. The number of halogens is 1. The quantitative estimate of drug-likeness (QED) is 0.779. The van der Waals surface area contributed by atoms with E-state index in [4.69, 9.17) is 25.9 Å². The number of rotatable bonds is 3. The summed E-state index contributed by atoms with van der Waals surface area (Å²) in [6.07, 6.45) is 0. The molecule has 0 saturated heterocycles. The molecule has 0 aliphatic carbocycles. The number of nitrogens with zero attached hydrogens (tertiary/aromatic N) is 1. The molecule has 102 valence electrons. The molecule has 0 amide bonds. The number of aromatic nitrogens is 1. The SMILES string of the molecule is Cc1nc2c(Oc3ccc(C(=O)O)o3)cc(Cl)cc2s1. The van der Waals surface area contributed by atoms with Gasteiger partial charge in [-0.05, 0) is 19.1 Å². The molecule has 20 heavy (non-hydrogen) atoms. The Morgan fingerprint density at radius 2 is 2.25 bits per heavy atom. The van der Waals surface area contributed by atoms with Crippen LogP contribution in [0.5, 0.6) is 11.7 Å². The van der Waals surface area contributed by atoms with E-state index in [1.807, 2.05) is 6.92 Å². The first kappa shape index (κ1) is 13.0. The number of aromatic carboxylic acids is 1. The first-order valence-electron chi connectivity index (χ1n) is 5.60. The van der Waals surface area contributed by atoms with Crippen LogP contribution in [0, 0.1) is 6.92 Å². The smallest absolute Gasteiger partial charge is 0.371 e. The van der Waals surface area contributed by atoms with Crippen LogP contribution < -0.4 is 4.74 Å². The number of hydrogen-bond donors (Lipinski definition) is 1. The van der Waals surface area contributed by atoms with Gasteiger partial charge in [-0.15, -0.1) is 11.3 Å². The summed E-state index contributed by atoms with van der Waals surface area (Å²) < 4.78 is 11.5. The predicted molar refractivity (Wildman–Crippen MR) is 75.1 cm³/mol. The zero-order chi connectivity index (χ0) is 14.3. The highest BCUT2D eigenvalue weighted by atomic mass is 35.5. The van der Waals surface area contributed by atoms with Gasteiger partial charge in [-0.25, -0.2) is 9.78 Å². The second-order valence-corrected chi connectivity index (χ2v) is 5.68. The molecule has 2 heterocycles. The number of carboxylic acid groups (broad SMARTS) is 1. The zero-order valence-electron chi connectivity index (χ0n) is 10.2. The second-order valence-electron chi connectivity index (χ2n) is 4.01. The Morgan fingerprint density at radius 1 is 1.45 bits per heavy atom. The molecular formula is C13H8ClNO4S. The number of benzene rings is 1. The summed E-state index contributed by atoms with van der Waals surface area (Å²) >= 11 is 7.53. The predicted octanol–water partition coefficient (Wildman–Crippen LogP) is 4.34. The minimum Gasteiger partial charge on any atom is -0.475 e. The summed E-state index contributed by atoms with van der Waals surface area (Å²) in [5.41, 5.74) is 0.671. The summed E-state index contributed by atoms with van der Waals surface area (Å²) in [4.78, 5) is 15.1. The Kier molecular flexibility index (Phi) is 3.11. The Morgan fingerprint density at radius 3 is 2.95 bits per heavy atom. The third kappa shape index (κ3) is 2.35. The molecule has 0 aliphatic heterocycles. The van der Waals surface area contributed by atoms with Gasteiger partial charge < -0.3 is 14.3 Å². The van der Waals surface area contributed by atoms with Gasteiger partial charge in [-0.1, -0.05) is 11.6 Å². The van der Waals surface area contributed by atoms with Gasteiger partial charge in [0.15, 0.2) is 5.75 Å². The number of furan rings is 1. The highest BCUT2D eigenvalue weighted by Crippen LogP contribution is 2.36. The standard InChI is InChI=1S/C13H8ClNO4S/c1-6-15-12-9(4-7(14)5-10(12)20-6)19-11-3-2-8(18-11)13(16)17/h2-5H,1H3,(H,16,17). The van der Waals surface area contributed by atoms with E-state index in [1.165, 1.54) is 23.5 Å². The van der Waals surface area contributed by atoms with E-state index in [0.717, 1.165) is 9.71 Å². The molecule has 3 rings (SSSR count). The third-order valence-corrected chi connectivity index (χ3v) is 3.67. The van der Waals surface area contributed by atoms with E-state index in [2.05, 4.69) is 4.98 Å². The Hall–Kier alpha value is -2.05. The number of carbonyl (C=O) groups is 1. The van der Waals surface area contributed by atoms with Crippen LogP contribution in [-0.2, 0) is 0 Å². The average Bonchev–Trinajstić information content (AvgIpc) is 2.95. The van der Waals surface area contributed by atoms with E-state index < -0.39 is 5.97 Å². The average molecular weight is 310 g/mol. The van der Waals surface area contributed by atoms with E-state index in [0.29, 0.717) is 16.3 Å². The van der Waals surface area contributed by atoms with Crippen LogP contribution in [0.3, 0.4) is 0 Å². The molecule has 0 spiro atoms. The largest absolute Gasteiger partial charge is 0.475 e. The second kappa shape index (κ2) is 4.81. The summed E-state index contributed by atoms with van der Waals surface area (Å²) in [7, 11) is 0. The van der Waals surface area contributed by atoms with Gasteiger partial charge in [0.1, 0.15) is 5.52 Å². The molecule has 0 radical (unpaired) electrons. The first-order chi connectivity index (χ1) is 9.52. The third-order valence-electron chi connectivity index (χ3n) is 2.53. The summed E-state index contributed by atoms with van der Waals surface area (Å²) in [5.74, 6) is -0.826. The van der Waals surface area contributed by atoms with Crippen LogP contribution in [0.2, 0.25) is 5.02 Å².